The summed E-state index contributed by atoms with van der Waals surface area (Å²) < 4.78 is 5.83. The predicted octanol–water partition coefficient (Wildman–Crippen LogP) is 4.58. The first-order chi connectivity index (χ1) is 14.2. The molecule has 1 fully saturated rings. The number of hydrogen-bond donors (Lipinski definition) is 2. The van der Waals surface area contributed by atoms with Gasteiger partial charge in [0, 0.05) is 24.8 Å². The molecule has 1 aromatic heterocycles. The van der Waals surface area contributed by atoms with E-state index in [0.29, 0.717) is 18.5 Å². The van der Waals surface area contributed by atoms with Crippen LogP contribution in [0.3, 0.4) is 0 Å². The fourth-order valence-corrected chi connectivity index (χ4v) is 3.97. The van der Waals surface area contributed by atoms with E-state index in [0.717, 1.165) is 48.9 Å². The fraction of sp³-hybridized carbons (Fsp3) is 0.320. The highest BCUT2D eigenvalue weighted by Gasteiger charge is 2.34. The molecule has 29 heavy (non-hydrogen) atoms. The summed E-state index contributed by atoms with van der Waals surface area (Å²) in [7, 11) is 0. The Hall–Kier alpha value is -2.69. The number of pyridine rings is 1. The second-order valence-electron chi connectivity index (χ2n) is 7.83. The summed E-state index contributed by atoms with van der Waals surface area (Å²) >= 11 is 0. The number of hydrogen-bond acceptors (Lipinski definition) is 4. The molecule has 4 rings (SSSR count). The van der Waals surface area contributed by atoms with E-state index in [2.05, 4.69) is 10.3 Å². The average Bonchev–Trinajstić information content (AvgIpc) is 2.79. The van der Waals surface area contributed by atoms with Crippen LogP contribution >= 0.6 is 0 Å². The molecule has 1 aliphatic carbocycles. The van der Waals surface area contributed by atoms with Crippen molar-refractivity contribution in [3.8, 4) is 5.88 Å². The standard InChI is InChI=1S/C25H28N2O2/c28-25(22-9-5-2-6-10-22)14-11-23(12-15-25)27-18-21-13-16-26-24(17-21)29-19-20-7-3-1-4-8-20/h1-10,13,16-17,23,27-28H,11-12,14-15,18-19H2. The summed E-state index contributed by atoms with van der Waals surface area (Å²) in [5.41, 5.74) is 2.64. The van der Waals surface area contributed by atoms with Gasteiger partial charge < -0.3 is 15.2 Å². The van der Waals surface area contributed by atoms with Crippen LogP contribution in [0.1, 0.15) is 42.4 Å². The van der Waals surface area contributed by atoms with E-state index in [9.17, 15) is 5.11 Å². The van der Waals surface area contributed by atoms with Crippen LogP contribution in [0.5, 0.6) is 5.88 Å². The normalized spacial score (nSPS) is 21.6. The highest BCUT2D eigenvalue weighted by molar-refractivity contribution is 5.24. The van der Waals surface area contributed by atoms with Crippen molar-refractivity contribution in [3.05, 3.63) is 95.7 Å². The quantitative estimate of drug-likeness (QED) is 0.622. The number of nitrogens with one attached hydrogen (secondary N) is 1. The lowest BCUT2D eigenvalue weighted by Gasteiger charge is -2.36. The SMILES string of the molecule is OC1(c2ccccc2)CCC(NCc2ccnc(OCc3ccccc3)c2)CC1. The molecule has 2 N–H and O–H groups in total. The Labute approximate surface area is 172 Å². The first-order valence-electron chi connectivity index (χ1n) is 10.3. The number of aromatic nitrogens is 1. The monoisotopic (exact) mass is 388 g/mol. The minimum atomic E-state index is -0.686. The van der Waals surface area contributed by atoms with E-state index < -0.39 is 5.60 Å². The third-order valence-corrected chi connectivity index (χ3v) is 5.75. The van der Waals surface area contributed by atoms with Crippen molar-refractivity contribution in [3.63, 3.8) is 0 Å². The molecule has 1 aliphatic rings. The minimum Gasteiger partial charge on any atom is -0.473 e. The Kier molecular flexibility index (Phi) is 6.23. The molecule has 0 aliphatic heterocycles. The zero-order valence-corrected chi connectivity index (χ0v) is 16.6. The molecule has 4 nitrogen and oxygen atoms in total. The molecule has 0 spiro atoms. The molecule has 0 saturated heterocycles. The first-order valence-corrected chi connectivity index (χ1v) is 10.3. The number of rotatable bonds is 7. The van der Waals surface area contributed by atoms with Gasteiger partial charge in [0.25, 0.3) is 0 Å². The maximum atomic E-state index is 11.0. The van der Waals surface area contributed by atoms with Crippen molar-refractivity contribution in [1.29, 1.82) is 0 Å². The van der Waals surface area contributed by atoms with Crippen LogP contribution in [0.25, 0.3) is 0 Å². The fourth-order valence-electron chi connectivity index (χ4n) is 3.97. The Morgan fingerprint density at radius 2 is 1.62 bits per heavy atom. The summed E-state index contributed by atoms with van der Waals surface area (Å²) in [6.45, 7) is 1.30. The number of aliphatic hydroxyl groups is 1. The van der Waals surface area contributed by atoms with Crippen LogP contribution in [0, 0.1) is 0 Å². The minimum absolute atomic E-state index is 0.417. The van der Waals surface area contributed by atoms with Gasteiger partial charge in [0.15, 0.2) is 0 Å². The molecule has 0 bridgehead atoms. The Balaban J connectivity index is 1.27. The average molecular weight is 389 g/mol. The van der Waals surface area contributed by atoms with Crippen LogP contribution in [-0.4, -0.2) is 16.1 Å². The maximum absolute atomic E-state index is 11.0. The second-order valence-corrected chi connectivity index (χ2v) is 7.83. The lowest BCUT2D eigenvalue weighted by molar-refractivity contribution is -0.00847. The van der Waals surface area contributed by atoms with E-state index in [1.807, 2.05) is 72.8 Å². The van der Waals surface area contributed by atoms with Gasteiger partial charge in [-0.25, -0.2) is 4.98 Å². The van der Waals surface area contributed by atoms with Crippen LogP contribution in [-0.2, 0) is 18.8 Å². The van der Waals surface area contributed by atoms with Crippen molar-refractivity contribution in [1.82, 2.24) is 10.3 Å². The molecule has 0 amide bonds. The highest BCUT2D eigenvalue weighted by atomic mass is 16.5. The molecule has 150 valence electrons. The number of benzene rings is 2. The molecule has 0 radical (unpaired) electrons. The van der Waals surface area contributed by atoms with Gasteiger partial charge in [-0.05, 0) is 48.4 Å². The molecule has 4 heteroatoms. The maximum Gasteiger partial charge on any atom is 0.213 e. The van der Waals surface area contributed by atoms with Crippen LogP contribution in [0.4, 0.5) is 0 Å². The van der Waals surface area contributed by atoms with Gasteiger partial charge in [0.2, 0.25) is 5.88 Å². The van der Waals surface area contributed by atoms with Crippen LogP contribution < -0.4 is 10.1 Å². The van der Waals surface area contributed by atoms with Gasteiger partial charge >= 0.3 is 0 Å². The van der Waals surface area contributed by atoms with E-state index in [-0.39, 0.29) is 0 Å². The summed E-state index contributed by atoms with van der Waals surface area (Å²) in [4.78, 5) is 4.32. The first kappa shape index (κ1) is 19.6. The van der Waals surface area contributed by atoms with Gasteiger partial charge in [-0.2, -0.15) is 0 Å². The van der Waals surface area contributed by atoms with Crippen molar-refractivity contribution < 1.29 is 9.84 Å². The van der Waals surface area contributed by atoms with E-state index in [1.165, 1.54) is 0 Å². The van der Waals surface area contributed by atoms with Gasteiger partial charge in [-0.1, -0.05) is 60.7 Å². The number of ether oxygens (including phenoxy) is 1. The third-order valence-electron chi connectivity index (χ3n) is 5.75. The summed E-state index contributed by atoms with van der Waals surface area (Å²) in [5, 5.41) is 14.6. The lowest BCUT2D eigenvalue weighted by atomic mass is 9.78. The van der Waals surface area contributed by atoms with Gasteiger partial charge in [-0.15, -0.1) is 0 Å². The summed E-state index contributed by atoms with van der Waals surface area (Å²) in [5.74, 6) is 0.648. The smallest absolute Gasteiger partial charge is 0.213 e. The Bertz CT molecular complexity index is 891. The summed E-state index contributed by atoms with van der Waals surface area (Å²) in [6, 6.07) is 24.6. The van der Waals surface area contributed by atoms with Gasteiger partial charge in [0.1, 0.15) is 6.61 Å². The molecular weight excluding hydrogens is 360 g/mol. The number of nitrogens with zero attached hydrogens (tertiary/aromatic N) is 1. The molecular formula is C25H28N2O2. The van der Waals surface area contributed by atoms with Crippen molar-refractivity contribution in [2.45, 2.75) is 50.5 Å². The molecule has 1 heterocycles. The van der Waals surface area contributed by atoms with Crippen molar-refractivity contribution in [2.24, 2.45) is 0 Å². The lowest BCUT2D eigenvalue weighted by Crippen LogP contribution is -2.39. The molecule has 0 unspecified atom stereocenters. The van der Waals surface area contributed by atoms with Gasteiger partial charge in [-0.3, -0.25) is 0 Å². The summed E-state index contributed by atoms with van der Waals surface area (Å²) in [6.07, 6.45) is 5.31. The second kappa shape index (κ2) is 9.21. The van der Waals surface area contributed by atoms with Gasteiger partial charge in [0.05, 0.1) is 5.60 Å². The molecule has 0 atom stereocenters. The van der Waals surface area contributed by atoms with Crippen molar-refractivity contribution in [2.75, 3.05) is 0 Å². The molecule has 3 aromatic rings. The molecule has 2 aromatic carbocycles. The predicted molar refractivity (Wildman–Crippen MR) is 114 cm³/mol. The zero-order chi connectivity index (χ0) is 19.9. The van der Waals surface area contributed by atoms with Crippen LogP contribution in [0.2, 0.25) is 0 Å². The van der Waals surface area contributed by atoms with Crippen molar-refractivity contribution >= 4 is 0 Å². The zero-order valence-electron chi connectivity index (χ0n) is 16.6. The Morgan fingerprint density at radius 1 is 0.931 bits per heavy atom. The van der Waals surface area contributed by atoms with Crippen LogP contribution in [0.15, 0.2) is 79.0 Å². The van der Waals surface area contributed by atoms with E-state index in [1.54, 1.807) is 6.20 Å². The Morgan fingerprint density at radius 3 is 2.34 bits per heavy atom. The topological polar surface area (TPSA) is 54.4 Å². The molecule has 1 saturated carbocycles. The van der Waals surface area contributed by atoms with E-state index >= 15 is 0 Å². The third kappa shape index (κ3) is 5.22. The largest absolute Gasteiger partial charge is 0.473 e. The highest BCUT2D eigenvalue weighted by Crippen LogP contribution is 2.37. The van der Waals surface area contributed by atoms with E-state index in [4.69, 9.17) is 4.74 Å².